The van der Waals surface area contributed by atoms with Crippen molar-refractivity contribution in [1.29, 1.82) is 0 Å². The second kappa shape index (κ2) is 13.2. The average molecular weight is 699 g/mol. The van der Waals surface area contributed by atoms with Crippen molar-refractivity contribution < 1.29 is 37.6 Å². The van der Waals surface area contributed by atoms with E-state index in [1.165, 1.54) is 30.3 Å². The summed E-state index contributed by atoms with van der Waals surface area (Å²) in [7, 11) is 0. The number of anilines is 1. The lowest BCUT2D eigenvalue weighted by Crippen LogP contribution is -2.55. The number of aromatic hydroxyl groups is 1. The number of ether oxygens (including phenoxy) is 4. The number of rotatable bonds is 8. The monoisotopic (exact) mass is 698 g/mol. The minimum atomic E-state index is -0.861. The highest BCUT2D eigenvalue weighted by atomic mass is 19.1. The van der Waals surface area contributed by atoms with Gasteiger partial charge in [0.15, 0.2) is 5.82 Å². The average Bonchev–Trinajstić information content (AvgIpc) is 3.95. The van der Waals surface area contributed by atoms with Crippen molar-refractivity contribution >= 4 is 33.4 Å². The predicted molar refractivity (Wildman–Crippen MR) is 184 cm³/mol. The Balaban J connectivity index is 1.28. The fourth-order valence-electron chi connectivity index (χ4n) is 7.27. The molecular weight excluding hydrogens is 662 g/mol. The molecular formula is C37H36F2N6O6. The summed E-state index contributed by atoms with van der Waals surface area (Å²) in [6.45, 7) is 8.63. The summed E-state index contributed by atoms with van der Waals surface area (Å²) in [6.07, 6.45) is 8.86. The Morgan fingerprint density at radius 3 is 2.69 bits per heavy atom. The molecule has 0 unspecified atom stereocenters. The standard InChI is InChI=1S/C37H36F2N6O6/c1-3-23-25(38)6-5-21-15-22(46)16-24(29(21)23)32-31(39)33-30-34(43-36(42-33)51-20-37(7-8-37)19-44-9-12-48-13-10-44)45-11-14-49-17-26(40-28(47)4-2)27(45)18-50-35(30)41-32/h1,4-6,15-16,26-27,46H,2,7-14,17-20H2,(H,40,47)/t26-,27-/m1/s1. The fraction of sp³-hybridized carbons (Fsp3) is 0.405. The van der Waals surface area contributed by atoms with Crippen LogP contribution in [0, 0.1) is 29.4 Å². The summed E-state index contributed by atoms with van der Waals surface area (Å²) in [5.41, 5.74) is -0.521. The second-order valence-corrected chi connectivity index (χ2v) is 13.4. The van der Waals surface area contributed by atoms with E-state index in [9.17, 15) is 9.90 Å². The molecule has 0 radical (unpaired) electrons. The van der Waals surface area contributed by atoms with Gasteiger partial charge in [0.05, 0.1) is 50.7 Å². The Bertz CT molecular complexity index is 2100. The van der Waals surface area contributed by atoms with Gasteiger partial charge in [-0.15, -0.1) is 6.42 Å². The number of hydrogen-bond acceptors (Lipinski definition) is 11. The molecule has 2 aromatic heterocycles. The molecule has 8 rings (SSSR count). The predicted octanol–water partition coefficient (Wildman–Crippen LogP) is 3.57. The number of hydrogen-bond donors (Lipinski definition) is 2. The maximum Gasteiger partial charge on any atom is 0.319 e. The van der Waals surface area contributed by atoms with Gasteiger partial charge >= 0.3 is 6.01 Å². The highest BCUT2D eigenvalue weighted by Crippen LogP contribution is 2.47. The van der Waals surface area contributed by atoms with Crippen LogP contribution in [0.25, 0.3) is 32.9 Å². The van der Waals surface area contributed by atoms with Crippen molar-refractivity contribution in [2.45, 2.75) is 24.9 Å². The molecule has 0 bridgehead atoms. The van der Waals surface area contributed by atoms with Crippen molar-refractivity contribution in [2.24, 2.45) is 5.41 Å². The number of benzene rings is 2. The number of nitrogens with zero attached hydrogens (tertiary/aromatic N) is 5. The SMILES string of the molecule is C#Cc1c(F)ccc2cc(O)cc(-c3nc4c5c(nc(OCC6(CN7CCOCC7)CC6)nc5c3F)N3CCOC[C@@H](NC(=O)C=C)[C@H]3CO4)c12. The minimum Gasteiger partial charge on any atom is -0.508 e. The van der Waals surface area contributed by atoms with Crippen molar-refractivity contribution in [3.63, 3.8) is 0 Å². The van der Waals surface area contributed by atoms with Crippen LogP contribution in [0.3, 0.4) is 0 Å². The van der Waals surface area contributed by atoms with E-state index in [1.54, 1.807) is 0 Å². The van der Waals surface area contributed by atoms with Crippen LogP contribution >= 0.6 is 0 Å². The molecule has 14 heteroatoms. The molecule has 2 saturated heterocycles. The molecule has 12 nitrogen and oxygen atoms in total. The molecule has 1 amide bonds. The number of fused-ring (bicyclic) bond motifs is 3. The first kappa shape index (κ1) is 33.1. The normalized spacial score (nSPS) is 21.2. The van der Waals surface area contributed by atoms with Crippen LogP contribution in [-0.2, 0) is 14.3 Å². The number of phenols is 1. The number of terminal acetylenes is 1. The van der Waals surface area contributed by atoms with E-state index in [1.807, 2.05) is 4.90 Å². The van der Waals surface area contributed by atoms with Crippen LogP contribution in [0.1, 0.15) is 18.4 Å². The topological polar surface area (TPSA) is 131 Å². The first-order valence-electron chi connectivity index (χ1n) is 16.9. The molecule has 4 aromatic rings. The Labute approximate surface area is 292 Å². The number of nitrogens with one attached hydrogen (secondary N) is 1. The van der Waals surface area contributed by atoms with Gasteiger partial charge in [-0.1, -0.05) is 18.6 Å². The molecule has 5 heterocycles. The number of morpholine rings is 1. The third kappa shape index (κ3) is 6.15. The molecule has 0 spiro atoms. The van der Waals surface area contributed by atoms with Gasteiger partial charge in [0.2, 0.25) is 11.8 Å². The summed E-state index contributed by atoms with van der Waals surface area (Å²) in [5, 5.41) is 14.4. The van der Waals surface area contributed by atoms with E-state index in [-0.39, 0.29) is 69.4 Å². The van der Waals surface area contributed by atoms with Crippen molar-refractivity contribution in [3.8, 4) is 41.2 Å². The molecule has 264 valence electrons. The molecule has 3 fully saturated rings. The van der Waals surface area contributed by atoms with E-state index in [4.69, 9.17) is 30.4 Å². The van der Waals surface area contributed by atoms with Gasteiger partial charge in [-0.05, 0) is 42.5 Å². The first-order valence-corrected chi connectivity index (χ1v) is 16.9. The zero-order valence-corrected chi connectivity index (χ0v) is 27.8. The Kier molecular flexibility index (Phi) is 8.57. The smallest absolute Gasteiger partial charge is 0.319 e. The number of amides is 1. The zero-order chi connectivity index (χ0) is 35.3. The molecule has 1 aliphatic carbocycles. The minimum absolute atomic E-state index is 0.0128. The van der Waals surface area contributed by atoms with Crippen LogP contribution in [0.2, 0.25) is 0 Å². The van der Waals surface area contributed by atoms with Crippen LogP contribution < -0.4 is 19.7 Å². The summed E-state index contributed by atoms with van der Waals surface area (Å²) < 4.78 is 56.2. The highest BCUT2D eigenvalue weighted by molar-refractivity contribution is 6.04. The Morgan fingerprint density at radius 2 is 1.92 bits per heavy atom. The molecule has 2 atom stereocenters. The van der Waals surface area contributed by atoms with Crippen molar-refractivity contribution in [3.05, 3.63) is 54.1 Å². The summed E-state index contributed by atoms with van der Waals surface area (Å²) in [6, 6.07) is 4.25. The summed E-state index contributed by atoms with van der Waals surface area (Å²) >= 11 is 0. The lowest BCUT2D eigenvalue weighted by molar-refractivity contribution is -0.117. The van der Waals surface area contributed by atoms with E-state index >= 15 is 8.78 Å². The molecule has 2 N–H and O–H groups in total. The van der Waals surface area contributed by atoms with Crippen molar-refractivity contribution in [1.82, 2.24) is 25.2 Å². The van der Waals surface area contributed by atoms with Gasteiger partial charge in [-0.25, -0.2) is 13.8 Å². The fourth-order valence-corrected chi connectivity index (χ4v) is 7.27. The second-order valence-electron chi connectivity index (χ2n) is 13.4. The van der Waals surface area contributed by atoms with Crippen LogP contribution in [0.5, 0.6) is 17.6 Å². The van der Waals surface area contributed by atoms with E-state index in [0.29, 0.717) is 44.2 Å². The largest absolute Gasteiger partial charge is 0.508 e. The lowest BCUT2D eigenvalue weighted by atomic mass is 9.95. The maximum absolute atomic E-state index is 17.2. The number of carbonyl (C=O) groups is 1. The number of pyridine rings is 1. The Hall–Kier alpha value is -5.10. The van der Waals surface area contributed by atoms with Crippen LogP contribution in [0.15, 0.2) is 36.9 Å². The van der Waals surface area contributed by atoms with Gasteiger partial charge in [0, 0.05) is 42.5 Å². The van der Waals surface area contributed by atoms with E-state index < -0.39 is 29.6 Å². The molecule has 51 heavy (non-hydrogen) atoms. The number of halogens is 2. The first-order chi connectivity index (χ1) is 24.8. The molecule has 3 aliphatic heterocycles. The number of phenolic OH excluding ortho intramolecular Hbond substituents is 1. The van der Waals surface area contributed by atoms with Gasteiger partial charge in [0.25, 0.3) is 0 Å². The van der Waals surface area contributed by atoms with E-state index in [2.05, 4.69) is 32.7 Å². The number of aromatic nitrogens is 3. The summed E-state index contributed by atoms with van der Waals surface area (Å²) in [4.78, 5) is 30.8. The third-order valence-corrected chi connectivity index (χ3v) is 10.1. The van der Waals surface area contributed by atoms with Gasteiger partial charge in [-0.3, -0.25) is 9.69 Å². The van der Waals surface area contributed by atoms with Crippen molar-refractivity contribution in [2.75, 3.05) is 70.7 Å². The molecule has 2 aromatic carbocycles. The van der Waals surface area contributed by atoms with Crippen LogP contribution in [0.4, 0.5) is 14.6 Å². The van der Waals surface area contributed by atoms with Gasteiger partial charge < -0.3 is 34.3 Å². The third-order valence-electron chi connectivity index (χ3n) is 10.1. The van der Waals surface area contributed by atoms with Gasteiger partial charge in [-0.2, -0.15) is 9.97 Å². The maximum atomic E-state index is 17.2. The van der Waals surface area contributed by atoms with Gasteiger partial charge in [0.1, 0.15) is 40.6 Å². The highest BCUT2D eigenvalue weighted by Gasteiger charge is 2.45. The lowest BCUT2D eigenvalue weighted by Gasteiger charge is -2.33. The van der Waals surface area contributed by atoms with Crippen LogP contribution in [-0.4, -0.2) is 109 Å². The summed E-state index contributed by atoms with van der Waals surface area (Å²) in [5.74, 6) is 0.570. The Morgan fingerprint density at radius 1 is 1.12 bits per heavy atom. The zero-order valence-electron chi connectivity index (χ0n) is 27.8. The quantitative estimate of drug-likeness (QED) is 0.207. The van der Waals surface area contributed by atoms with E-state index in [0.717, 1.165) is 32.5 Å². The number of carbonyl (C=O) groups excluding carboxylic acids is 1. The molecule has 4 aliphatic rings. The molecule has 1 saturated carbocycles.